The van der Waals surface area contributed by atoms with Gasteiger partial charge in [0.2, 0.25) is 0 Å². The molecule has 0 saturated carbocycles. The smallest absolute Gasteiger partial charge is 0.278 e. The van der Waals surface area contributed by atoms with Crippen molar-refractivity contribution in [2.45, 2.75) is 6.54 Å². The predicted octanol–water partition coefficient (Wildman–Crippen LogP) is 2.96. The van der Waals surface area contributed by atoms with Crippen molar-refractivity contribution in [1.29, 1.82) is 0 Å². The molecule has 0 bridgehead atoms. The van der Waals surface area contributed by atoms with Gasteiger partial charge in [-0.2, -0.15) is 0 Å². The van der Waals surface area contributed by atoms with E-state index < -0.39 is 0 Å². The van der Waals surface area contributed by atoms with Crippen molar-refractivity contribution in [1.82, 2.24) is 10.2 Å². The molecule has 0 aliphatic carbocycles. The zero-order valence-corrected chi connectivity index (χ0v) is 12.6. The summed E-state index contributed by atoms with van der Waals surface area (Å²) in [4.78, 5) is 13.9. The minimum atomic E-state index is -0.207. The van der Waals surface area contributed by atoms with Crippen LogP contribution in [-0.2, 0) is 6.54 Å². The first-order chi connectivity index (χ1) is 11.2. The minimum absolute atomic E-state index is 0.207. The van der Waals surface area contributed by atoms with Crippen LogP contribution in [0.15, 0.2) is 65.3 Å². The lowest BCUT2D eigenvalue weighted by atomic mass is 10.2. The van der Waals surface area contributed by atoms with E-state index in [0.29, 0.717) is 18.1 Å². The lowest BCUT2D eigenvalue weighted by Crippen LogP contribution is -2.27. The highest BCUT2D eigenvalue weighted by molar-refractivity contribution is 6.04. The molecule has 1 N–H and O–H groups in total. The van der Waals surface area contributed by atoms with Crippen LogP contribution >= 0.6 is 0 Å². The minimum Gasteiger partial charge on any atom is -0.467 e. The average molecular weight is 308 g/mol. The second-order valence-electron chi connectivity index (χ2n) is 4.94. The summed E-state index contributed by atoms with van der Waals surface area (Å²) in [5.41, 5.74) is 1.10. The summed E-state index contributed by atoms with van der Waals surface area (Å²) in [6, 6.07) is 16.5. The molecule has 2 heterocycles. The number of nitrogens with one attached hydrogen (secondary N) is 1. The summed E-state index contributed by atoms with van der Waals surface area (Å²) in [5.74, 6) is 1.18. The molecular weight excluding hydrogens is 292 g/mol. The molecule has 1 amide bonds. The van der Waals surface area contributed by atoms with Crippen LogP contribution < -0.4 is 10.2 Å². The Morgan fingerprint density at radius 1 is 1.09 bits per heavy atom. The van der Waals surface area contributed by atoms with E-state index in [2.05, 4.69) is 15.5 Å². The summed E-state index contributed by atoms with van der Waals surface area (Å²) >= 11 is 0. The first-order valence-corrected chi connectivity index (χ1v) is 7.17. The Kier molecular flexibility index (Phi) is 4.33. The third kappa shape index (κ3) is 3.55. The van der Waals surface area contributed by atoms with Gasteiger partial charge in [-0.15, -0.1) is 10.2 Å². The van der Waals surface area contributed by atoms with Crippen LogP contribution in [0.4, 0.5) is 11.5 Å². The number of rotatable bonds is 5. The topological polar surface area (TPSA) is 71.3 Å². The maximum atomic E-state index is 12.4. The molecule has 0 fully saturated rings. The number of amides is 1. The SMILES string of the molecule is CN(C(=O)c1ccc(NCc2ccco2)nn1)c1ccccc1. The van der Waals surface area contributed by atoms with Crippen molar-refractivity contribution in [2.75, 3.05) is 17.3 Å². The second kappa shape index (κ2) is 6.74. The van der Waals surface area contributed by atoms with E-state index in [1.165, 1.54) is 0 Å². The van der Waals surface area contributed by atoms with Gasteiger partial charge in [0.25, 0.3) is 5.91 Å². The van der Waals surface area contributed by atoms with Crippen LogP contribution in [0.3, 0.4) is 0 Å². The fourth-order valence-electron chi connectivity index (χ4n) is 2.07. The van der Waals surface area contributed by atoms with Crippen molar-refractivity contribution in [3.63, 3.8) is 0 Å². The lowest BCUT2D eigenvalue weighted by Gasteiger charge is -2.16. The van der Waals surface area contributed by atoms with E-state index in [1.807, 2.05) is 42.5 Å². The van der Waals surface area contributed by atoms with Crippen LogP contribution in [0.25, 0.3) is 0 Å². The highest BCUT2D eigenvalue weighted by Crippen LogP contribution is 2.14. The van der Waals surface area contributed by atoms with E-state index >= 15 is 0 Å². The molecule has 0 atom stereocenters. The number of carbonyl (C=O) groups excluding carboxylic acids is 1. The molecule has 116 valence electrons. The van der Waals surface area contributed by atoms with Gasteiger partial charge in [0.05, 0.1) is 12.8 Å². The number of aromatic nitrogens is 2. The Hall–Kier alpha value is -3.15. The Balaban J connectivity index is 1.65. The standard InChI is InChI=1S/C17H16N4O2/c1-21(13-6-3-2-4-7-13)17(22)15-9-10-16(20-19-15)18-12-14-8-5-11-23-14/h2-11H,12H2,1H3,(H,18,20). The normalized spacial score (nSPS) is 10.3. The van der Waals surface area contributed by atoms with Crippen molar-refractivity contribution in [3.05, 3.63) is 72.3 Å². The van der Waals surface area contributed by atoms with Crippen LogP contribution in [0.2, 0.25) is 0 Å². The number of hydrogen-bond acceptors (Lipinski definition) is 5. The maximum absolute atomic E-state index is 12.4. The zero-order chi connectivity index (χ0) is 16.1. The Morgan fingerprint density at radius 3 is 2.57 bits per heavy atom. The van der Waals surface area contributed by atoms with E-state index in [-0.39, 0.29) is 5.91 Å². The molecule has 0 radical (unpaired) electrons. The summed E-state index contributed by atoms with van der Waals surface area (Å²) in [7, 11) is 1.71. The largest absolute Gasteiger partial charge is 0.467 e. The average Bonchev–Trinajstić information content (AvgIpc) is 3.13. The first kappa shape index (κ1) is 14.8. The highest BCUT2D eigenvalue weighted by atomic mass is 16.3. The number of benzene rings is 1. The maximum Gasteiger partial charge on any atom is 0.278 e. The monoisotopic (exact) mass is 308 g/mol. The van der Waals surface area contributed by atoms with Crippen molar-refractivity contribution in [3.8, 4) is 0 Å². The van der Waals surface area contributed by atoms with Gasteiger partial charge in [-0.05, 0) is 36.4 Å². The third-order valence-electron chi connectivity index (χ3n) is 3.36. The van der Waals surface area contributed by atoms with Gasteiger partial charge >= 0.3 is 0 Å². The summed E-state index contributed by atoms with van der Waals surface area (Å²) < 4.78 is 5.23. The molecule has 3 rings (SSSR count). The molecular formula is C17H16N4O2. The lowest BCUT2D eigenvalue weighted by molar-refractivity contribution is 0.0987. The molecule has 6 heteroatoms. The van der Waals surface area contributed by atoms with Crippen molar-refractivity contribution in [2.24, 2.45) is 0 Å². The van der Waals surface area contributed by atoms with Gasteiger partial charge < -0.3 is 14.6 Å². The van der Waals surface area contributed by atoms with Gasteiger partial charge in [0.15, 0.2) is 5.69 Å². The Bertz CT molecular complexity index is 755. The molecule has 0 spiro atoms. The predicted molar refractivity (Wildman–Crippen MR) is 87.2 cm³/mol. The van der Waals surface area contributed by atoms with Gasteiger partial charge in [0, 0.05) is 12.7 Å². The number of nitrogens with zero attached hydrogens (tertiary/aromatic N) is 3. The summed E-state index contributed by atoms with van der Waals surface area (Å²) in [6.07, 6.45) is 1.61. The molecule has 3 aromatic rings. The quantitative estimate of drug-likeness (QED) is 0.784. The third-order valence-corrected chi connectivity index (χ3v) is 3.36. The Morgan fingerprint density at radius 2 is 1.91 bits per heavy atom. The fourth-order valence-corrected chi connectivity index (χ4v) is 2.07. The van der Waals surface area contributed by atoms with Gasteiger partial charge in [-0.1, -0.05) is 18.2 Å². The van der Waals surface area contributed by atoms with Crippen LogP contribution in [0, 0.1) is 0 Å². The molecule has 0 saturated heterocycles. The number of para-hydroxylation sites is 1. The molecule has 23 heavy (non-hydrogen) atoms. The van der Waals surface area contributed by atoms with E-state index in [0.717, 1.165) is 11.4 Å². The highest BCUT2D eigenvalue weighted by Gasteiger charge is 2.15. The Labute approximate surface area is 133 Å². The van der Waals surface area contributed by atoms with Crippen molar-refractivity contribution < 1.29 is 9.21 Å². The zero-order valence-electron chi connectivity index (χ0n) is 12.6. The molecule has 0 aliphatic heterocycles. The van der Waals surface area contributed by atoms with Crippen LogP contribution in [0.5, 0.6) is 0 Å². The van der Waals surface area contributed by atoms with E-state index in [9.17, 15) is 4.79 Å². The summed E-state index contributed by atoms with van der Waals surface area (Å²) in [6.45, 7) is 0.513. The van der Waals surface area contributed by atoms with Gasteiger partial charge in [-0.3, -0.25) is 4.79 Å². The number of carbonyl (C=O) groups is 1. The fraction of sp³-hybridized carbons (Fsp3) is 0.118. The molecule has 0 unspecified atom stereocenters. The van der Waals surface area contributed by atoms with E-state index in [1.54, 1.807) is 30.3 Å². The number of furan rings is 1. The van der Waals surface area contributed by atoms with E-state index in [4.69, 9.17) is 4.42 Å². The second-order valence-corrected chi connectivity index (χ2v) is 4.94. The number of hydrogen-bond donors (Lipinski definition) is 1. The van der Waals surface area contributed by atoms with Gasteiger partial charge in [-0.25, -0.2) is 0 Å². The molecule has 2 aromatic heterocycles. The summed E-state index contributed by atoms with van der Waals surface area (Å²) in [5, 5.41) is 11.1. The molecule has 6 nitrogen and oxygen atoms in total. The van der Waals surface area contributed by atoms with Crippen LogP contribution in [0.1, 0.15) is 16.2 Å². The van der Waals surface area contributed by atoms with Crippen molar-refractivity contribution >= 4 is 17.4 Å². The van der Waals surface area contributed by atoms with Crippen LogP contribution in [-0.4, -0.2) is 23.2 Å². The molecule has 1 aromatic carbocycles. The van der Waals surface area contributed by atoms with Gasteiger partial charge in [0.1, 0.15) is 11.6 Å². The molecule has 0 aliphatic rings. The number of anilines is 2. The first-order valence-electron chi connectivity index (χ1n) is 7.17.